The van der Waals surface area contributed by atoms with Gasteiger partial charge in [0.05, 0.1) is 36.4 Å². The molecule has 0 spiro atoms. The van der Waals surface area contributed by atoms with E-state index in [0.29, 0.717) is 44.7 Å². The molecule has 2 saturated heterocycles. The lowest BCUT2D eigenvalue weighted by Gasteiger charge is -2.37. The van der Waals surface area contributed by atoms with Crippen molar-refractivity contribution in [3.63, 3.8) is 0 Å². The molecule has 51 heavy (non-hydrogen) atoms. The number of hydrogen-bond acceptors (Lipinski definition) is 9. The zero-order valence-electron chi connectivity index (χ0n) is 29.8. The van der Waals surface area contributed by atoms with E-state index >= 15 is 0 Å². The Kier molecular flexibility index (Phi) is 9.18. The lowest BCUT2D eigenvalue weighted by atomic mass is 9.83. The summed E-state index contributed by atoms with van der Waals surface area (Å²) in [6.07, 6.45) is 1.94. The molecule has 0 saturated carbocycles. The molecule has 3 aromatic carbocycles. The van der Waals surface area contributed by atoms with Crippen LogP contribution in [0.25, 0.3) is 28.1 Å². The van der Waals surface area contributed by atoms with E-state index in [1.807, 2.05) is 26.0 Å². The fraction of sp³-hybridized carbons (Fsp3) is 0.400. The van der Waals surface area contributed by atoms with Crippen LogP contribution in [0.1, 0.15) is 43.6 Å². The fourth-order valence-corrected chi connectivity index (χ4v) is 7.54. The second-order valence-corrected chi connectivity index (χ2v) is 14.5. The molecular weight excluding hydrogens is 639 g/mol. The Morgan fingerprint density at radius 2 is 1.41 bits per heavy atom. The van der Waals surface area contributed by atoms with Gasteiger partial charge in [0.15, 0.2) is 17.0 Å². The predicted molar refractivity (Wildman–Crippen MR) is 201 cm³/mol. The number of aromatic nitrogens is 6. The summed E-state index contributed by atoms with van der Waals surface area (Å²) >= 11 is 0. The van der Waals surface area contributed by atoms with Crippen LogP contribution >= 0.6 is 0 Å². The second kappa shape index (κ2) is 14.1. The van der Waals surface area contributed by atoms with Crippen molar-refractivity contribution in [1.82, 2.24) is 34.0 Å². The van der Waals surface area contributed by atoms with Gasteiger partial charge in [-0.2, -0.15) is 9.97 Å². The van der Waals surface area contributed by atoms with Gasteiger partial charge in [-0.1, -0.05) is 72.8 Å². The van der Waals surface area contributed by atoms with E-state index in [4.69, 9.17) is 24.7 Å². The zero-order valence-corrected chi connectivity index (χ0v) is 29.8. The highest BCUT2D eigenvalue weighted by atomic mass is 16.5. The average Bonchev–Trinajstić information content (AvgIpc) is 3.69. The maximum absolute atomic E-state index is 10.6. The summed E-state index contributed by atoms with van der Waals surface area (Å²) in [6.45, 7) is 10.5. The van der Waals surface area contributed by atoms with Crippen LogP contribution in [0, 0.1) is 5.92 Å². The maximum atomic E-state index is 10.6. The highest BCUT2D eigenvalue weighted by Crippen LogP contribution is 2.33. The number of fused-ring (bicyclic) bond motifs is 2. The van der Waals surface area contributed by atoms with Gasteiger partial charge < -0.3 is 24.2 Å². The Balaban J connectivity index is 1.25. The molecule has 3 aromatic heterocycles. The van der Waals surface area contributed by atoms with Crippen LogP contribution in [0.15, 0.2) is 84.9 Å². The van der Waals surface area contributed by atoms with Crippen molar-refractivity contribution in [3.8, 4) is 5.95 Å². The summed E-state index contributed by atoms with van der Waals surface area (Å²) in [5.74, 6) is 3.44. The molecule has 5 heterocycles. The SMILES string of the molecule is Cn1c(CN2CCC(C(C)(C)O)CC2)nc2c(N3CCOCC3)nc(-n3c(N(Cc4ccccc4)Cc4ccccc4)nc4ccccc43)nc21. The Labute approximate surface area is 299 Å². The summed E-state index contributed by atoms with van der Waals surface area (Å²) in [5, 5.41) is 10.6. The smallest absolute Gasteiger partial charge is 0.241 e. The van der Waals surface area contributed by atoms with Gasteiger partial charge in [-0.3, -0.25) is 4.90 Å². The van der Waals surface area contributed by atoms with Crippen molar-refractivity contribution in [2.75, 3.05) is 49.2 Å². The Hall–Kier alpha value is -4.84. The third-order valence-corrected chi connectivity index (χ3v) is 10.5. The number of hydrogen-bond donors (Lipinski definition) is 1. The molecule has 0 unspecified atom stereocenters. The number of aryl methyl sites for hydroxylation is 1. The van der Waals surface area contributed by atoms with Gasteiger partial charge in [-0.05, 0) is 69.0 Å². The summed E-state index contributed by atoms with van der Waals surface area (Å²) in [7, 11) is 2.07. The quantitative estimate of drug-likeness (QED) is 0.194. The largest absolute Gasteiger partial charge is 0.390 e. The normalized spacial score (nSPS) is 16.4. The molecule has 11 heteroatoms. The number of likely N-dealkylation sites (tertiary alicyclic amines) is 1. The van der Waals surface area contributed by atoms with E-state index in [-0.39, 0.29) is 0 Å². The van der Waals surface area contributed by atoms with Crippen molar-refractivity contribution >= 4 is 34.0 Å². The van der Waals surface area contributed by atoms with Crippen LogP contribution in [-0.4, -0.2) is 84.1 Å². The molecule has 2 fully saturated rings. The van der Waals surface area contributed by atoms with E-state index < -0.39 is 5.60 Å². The predicted octanol–water partition coefficient (Wildman–Crippen LogP) is 5.73. The first-order chi connectivity index (χ1) is 24.8. The number of morpholine rings is 1. The number of rotatable bonds is 10. The second-order valence-electron chi connectivity index (χ2n) is 14.5. The topological polar surface area (TPSA) is 101 Å². The molecule has 2 aliphatic rings. The summed E-state index contributed by atoms with van der Waals surface area (Å²) in [4.78, 5) is 28.2. The standard InChI is InChI=1S/C40H47N9O2/c1-40(2,50)31-18-20-46(21-19-31)28-34-42-35-36(45(34)3)43-38(44-37(35)47-22-24-51-25-23-47)49-33-17-11-10-16-32(33)41-39(49)48(26-29-12-6-4-7-13-29)27-30-14-8-5-9-15-30/h4-17,31,50H,18-28H2,1-3H3. The van der Waals surface area contributed by atoms with Crippen molar-refractivity contribution in [1.29, 1.82) is 0 Å². The lowest BCUT2D eigenvalue weighted by Crippen LogP contribution is -2.41. The average molecular weight is 686 g/mol. The number of anilines is 2. The molecule has 0 amide bonds. The van der Waals surface area contributed by atoms with Crippen LogP contribution < -0.4 is 9.80 Å². The van der Waals surface area contributed by atoms with Crippen molar-refractivity contribution in [3.05, 3.63) is 102 Å². The van der Waals surface area contributed by atoms with E-state index in [1.54, 1.807) is 0 Å². The molecule has 264 valence electrons. The van der Waals surface area contributed by atoms with E-state index in [0.717, 1.165) is 78.8 Å². The minimum atomic E-state index is -0.656. The van der Waals surface area contributed by atoms with Crippen LogP contribution in [0.5, 0.6) is 0 Å². The molecule has 0 atom stereocenters. The van der Waals surface area contributed by atoms with Crippen LogP contribution in [0.2, 0.25) is 0 Å². The number of benzene rings is 3. The Morgan fingerprint density at radius 1 is 0.784 bits per heavy atom. The number of ether oxygens (including phenoxy) is 1. The van der Waals surface area contributed by atoms with Crippen LogP contribution in [0.3, 0.4) is 0 Å². The minimum absolute atomic E-state index is 0.304. The minimum Gasteiger partial charge on any atom is -0.390 e. The van der Waals surface area contributed by atoms with Crippen molar-refractivity contribution in [2.24, 2.45) is 13.0 Å². The first-order valence-corrected chi connectivity index (χ1v) is 18.1. The summed E-state index contributed by atoms with van der Waals surface area (Å²) in [5.41, 5.74) is 5.17. The molecule has 0 radical (unpaired) electrons. The number of aliphatic hydroxyl groups is 1. The number of imidazole rings is 2. The highest BCUT2D eigenvalue weighted by molar-refractivity contribution is 5.86. The number of para-hydroxylation sites is 2. The molecule has 2 aliphatic heterocycles. The molecule has 1 N–H and O–H groups in total. The zero-order chi connectivity index (χ0) is 35.0. The molecule has 11 nitrogen and oxygen atoms in total. The molecule has 6 aromatic rings. The number of nitrogens with zero attached hydrogens (tertiary/aromatic N) is 9. The van der Waals surface area contributed by atoms with Gasteiger partial charge in [-0.25, -0.2) is 14.5 Å². The van der Waals surface area contributed by atoms with Crippen molar-refractivity contribution in [2.45, 2.75) is 51.9 Å². The maximum Gasteiger partial charge on any atom is 0.241 e. The Bertz CT molecular complexity index is 2050. The van der Waals surface area contributed by atoms with Gasteiger partial charge in [0.1, 0.15) is 5.82 Å². The molecule has 0 bridgehead atoms. The van der Waals surface area contributed by atoms with Crippen LogP contribution in [-0.2, 0) is 31.4 Å². The van der Waals surface area contributed by atoms with Crippen molar-refractivity contribution < 1.29 is 9.84 Å². The summed E-state index contributed by atoms with van der Waals surface area (Å²) < 4.78 is 10.0. The van der Waals surface area contributed by atoms with Gasteiger partial charge in [0.2, 0.25) is 11.9 Å². The third-order valence-electron chi connectivity index (χ3n) is 10.5. The fourth-order valence-electron chi connectivity index (χ4n) is 7.54. The summed E-state index contributed by atoms with van der Waals surface area (Å²) in [6, 6.07) is 29.3. The monoisotopic (exact) mass is 685 g/mol. The first kappa shape index (κ1) is 33.3. The molecule has 8 rings (SSSR count). The lowest BCUT2D eigenvalue weighted by molar-refractivity contribution is -0.0139. The van der Waals surface area contributed by atoms with E-state index in [9.17, 15) is 5.11 Å². The highest BCUT2D eigenvalue weighted by Gasteiger charge is 2.32. The number of piperidine rings is 1. The third kappa shape index (κ3) is 6.93. The Morgan fingerprint density at radius 3 is 2.06 bits per heavy atom. The van der Waals surface area contributed by atoms with E-state index in [2.05, 4.69) is 104 Å². The van der Waals surface area contributed by atoms with Gasteiger partial charge >= 0.3 is 0 Å². The van der Waals surface area contributed by atoms with Gasteiger partial charge in [-0.15, -0.1) is 0 Å². The first-order valence-electron chi connectivity index (χ1n) is 18.1. The van der Waals surface area contributed by atoms with Gasteiger partial charge in [0.25, 0.3) is 0 Å². The molecule has 0 aliphatic carbocycles. The van der Waals surface area contributed by atoms with E-state index in [1.165, 1.54) is 11.1 Å². The molecular formula is C40H47N9O2. The van der Waals surface area contributed by atoms with Gasteiger partial charge in [0, 0.05) is 33.2 Å². The van der Waals surface area contributed by atoms with Crippen LogP contribution in [0.4, 0.5) is 11.8 Å².